The van der Waals surface area contributed by atoms with Crippen molar-refractivity contribution < 1.29 is 14.3 Å². The third-order valence-corrected chi connectivity index (χ3v) is 3.26. The SMILES string of the molecule is CCNC(=O)CSc1ccc(N)c(C(=O)OCC)c1. The summed E-state index contributed by atoms with van der Waals surface area (Å²) in [4.78, 5) is 23.8. The van der Waals surface area contributed by atoms with Crippen LogP contribution in [0.15, 0.2) is 23.1 Å². The lowest BCUT2D eigenvalue weighted by Crippen LogP contribution is -2.24. The minimum Gasteiger partial charge on any atom is -0.462 e. The van der Waals surface area contributed by atoms with Crippen LogP contribution in [0.25, 0.3) is 0 Å². The molecule has 0 aromatic heterocycles. The number of nitrogens with one attached hydrogen (secondary N) is 1. The molecule has 19 heavy (non-hydrogen) atoms. The van der Waals surface area contributed by atoms with E-state index in [4.69, 9.17) is 10.5 Å². The lowest BCUT2D eigenvalue weighted by Gasteiger charge is -2.08. The van der Waals surface area contributed by atoms with Gasteiger partial charge >= 0.3 is 5.97 Å². The van der Waals surface area contributed by atoms with E-state index < -0.39 is 5.97 Å². The van der Waals surface area contributed by atoms with Gasteiger partial charge in [0.05, 0.1) is 17.9 Å². The highest BCUT2D eigenvalue weighted by molar-refractivity contribution is 8.00. The third kappa shape index (κ3) is 4.82. The van der Waals surface area contributed by atoms with Gasteiger partial charge in [-0.3, -0.25) is 4.79 Å². The van der Waals surface area contributed by atoms with E-state index in [1.54, 1.807) is 25.1 Å². The van der Waals surface area contributed by atoms with Crippen LogP contribution in [0.5, 0.6) is 0 Å². The fourth-order valence-corrected chi connectivity index (χ4v) is 2.17. The van der Waals surface area contributed by atoms with Gasteiger partial charge in [0.15, 0.2) is 0 Å². The molecule has 0 atom stereocenters. The van der Waals surface area contributed by atoms with Gasteiger partial charge in [0.2, 0.25) is 5.91 Å². The van der Waals surface area contributed by atoms with E-state index >= 15 is 0 Å². The molecule has 0 heterocycles. The molecule has 1 aromatic carbocycles. The number of rotatable bonds is 6. The van der Waals surface area contributed by atoms with Crippen molar-refractivity contribution in [3.63, 3.8) is 0 Å². The number of hydrogen-bond acceptors (Lipinski definition) is 5. The summed E-state index contributed by atoms with van der Waals surface area (Å²) in [5.41, 5.74) is 6.45. The Morgan fingerprint density at radius 1 is 1.37 bits per heavy atom. The molecule has 1 rings (SSSR count). The van der Waals surface area contributed by atoms with Gasteiger partial charge in [0, 0.05) is 17.1 Å². The van der Waals surface area contributed by atoms with Gasteiger partial charge in [-0.1, -0.05) is 0 Å². The molecular weight excluding hydrogens is 264 g/mol. The molecule has 0 bridgehead atoms. The number of thioether (sulfide) groups is 1. The summed E-state index contributed by atoms with van der Waals surface area (Å²) in [5, 5.41) is 2.71. The van der Waals surface area contributed by atoms with Crippen molar-refractivity contribution in [3.05, 3.63) is 23.8 Å². The number of nitrogens with two attached hydrogens (primary N) is 1. The zero-order valence-corrected chi connectivity index (χ0v) is 11.9. The number of amides is 1. The molecule has 5 nitrogen and oxygen atoms in total. The lowest BCUT2D eigenvalue weighted by atomic mass is 10.2. The Balaban J connectivity index is 2.73. The maximum Gasteiger partial charge on any atom is 0.340 e. The lowest BCUT2D eigenvalue weighted by molar-refractivity contribution is -0.118. The van der Waals surface area contributed by atoms with E-state index in [0.717, 1.165) is 4.90 Å². The van der Waals surface area contributed by atoms with Crippen LogP contribution >= 0.6 is 11.8 Å². The smallest absolute Gasteiger partial charge is 0.340 e. The highest BCUT2D eigenvalue weighted by Gasteiger charge is 2.12. The van der Waals surface area contributed by atoms with Crippen LogP contribution in [0.2, 0.25) is 0 Å². The van der Waals surface area contributed by atoms with Gasteiger partial charge in [-0.05, 0) is 32.0 Å². The van der Waals surface area contributed by atoms with Gasteiger partial charge in [-0.25, -0.2) is 4.79 Å². The minimum absolute atomic E-state index is 0.0398. The van der Waals surface area contributed by atoms with Crippen molar-refractivity contribution in [2.45, 2.75) is 18.7 Å². The van der Waals surface area contributed by atoms with Gasteiger partial charge in [0.1, 0.15) is 0 Å². The van der Waals surface area contributed by atoms with E-state index in [9.17, 15) is 9.59 Å². The van der Waals surface area contributed by atoms with Gasteiger partial charge in [-0.2, -0.15) is 0 Å². The molecule has 0 saturated carbocycles. The molecule has 1 amide bonds. The fraction of sp³-hybridized carbons (Fsp3) is 0.385. The first-order valence-electron chi connectivity index (χ1n) is 6.04. The largest absolute Gasteiger partial charge is 0.462 e. The number of benzene rings is 1. The van der Waals surface area contributed by atoms with Gasteiger partial charge < -0.3 is 15.8 Å². The number of ether oxygens (including phenoxy) is 1. The summed E-state index contributed by atoms with van der Waals surface area (Å²) in [5.74, 6) is -0.178. The Hall–Kier alpha value is -1.69. The van der Waals surface area contributed by atoms with Crippen LogP contribution in [0.1, 0.15) is 24.2 Å². The van der Waals surface area contributed by atoms with E-state index in [1.165, 1.54) is 11.8 Å². The average Bonchev–Trinajstić information content (AvgIpc) is 2.38. The normalized spacial score (nSPS) is 10.0. The predicted octanol–water partition coefficient (Wildman–Crippen LogP) is 1.67. The number of carbonyl (C=O) groups excluding carboxylic acids is 2. The molecule has 0 saturated heterocycles. The Labute approximate surface area is 116 Å². The summed E-state index contributed by atoms with van der Waals surface area (Å²) in [6, 6.07) is 5.07. The Kier molecular flexibility index (Phi) is 6.21. The van der Waals surface area contributed by atoms with Crippen molar-refractivity contribution in [2.75, 3.05) is 24.6 Å². The summed E-state index contributed by atoms with van der Waals surface area (Å²) in [6.07, 6.45) is 0. The standard InChI is InChI=1S/C13H18N2O3S/c1-3-15-12(16)8-19-9-5-6-11(14)10(7-9)13(17)18-4-2/h5-7H,3-4,8,14H2,1-2H3,(H,15,16). The van der Waals surface area contributed by atoms with Crippen LogP contribution in [0.3, 0.4) is 0 Å². The Morgan fingerprint density at radius 3 is 2.74 bits per heavy atom. The number of esters is 1. The van der Waals surface area contributed by atoms with E-state index in [1.807, 2.05) is 6.92 Å². The average molecular weight is 282 g/mol. The van der Waals surface area contributed by atoms with E-state index in [0.29, 0.717) is 30.2 Å². The topological polar surface area (TPSA) is 81.4 Å². The molecular formula is C13H18N2O3S. The second kappa shape index (κ2) is 7.68. The van der Waals surface area contributed by atoms with Crippen LogP contribution < -0.4 is 11.1 Å². The molecule has 0 spiro atoms. The molecule has 1 aromatic rings. The van der Waals surface area contributed by atoms with Gasteiger partial charge in [0.25, 0.3) is 0 Å². The van der Waals surface area contributed by atoms with Crippen molar-refractivity contribution in [1.82, 2.24) is 5.32 Å². The second-order valence-corrected chi connectivity index (χ2v) is 4.76. The van der Waals surface area contributed by atoms with Gasteiger partial charge in [-0.15, -0.1) is 11.8 Å². The quantitative estimate of drug-likeness (QED) is 0.471. The summed E-state index contributed by atoms with van der Waals surface area (Å²) in [6.45, 7) is 4.51. The molecule has 0 fully saturated rings. The number of nitrogen functional groups attached to an aromatic ring is 1. The molecule has 0 aliphatic rings. The zero-order valence-electron chi connectivity index (χ0n) is 11.1. The summed E-state index contributed by atoms with van der Waals surface area (Å²) >= 11 is 1.35. The highest BCUT2D eigenvalue weighted by Crippen LogP contribution is 2.23. The monoisotopic (exact) mass is 282 g/mol. The minimum atomic E-state index is -0.444. The van der Waals surface area contributed by atoms with Crippen LogP contribution in [-0.2, 0) is 9.53 Å². The van der Waals surface area contributed by atoms with E-state index in [2.05, 4.69) is 5.32 Å². The maximum absolute atomic E-state index is 11.7. The third-order valence-electron chi connectivity index (χ3n) is 2.26. The molecule has 6 heteroatoms. The molecule has 0 aliphatic heterocycles. The first kappa shape index (κ1) is 15.4. The summed E-state index contributed by atoms with van der Waals surface area (Å²) < 4.78 is 4.92. The number of anilines is 1. The van der Waals surface area contributed by atoms with Crippen molar-refractivity contribution in [2.24, 2.45) is 0 Å². The molecule has 0 radical (unpaired) electrons. The number of carbonyl (C=O) groups is 2. The Morgan fingerprint density at radius 2 is 2.11 bits per heavy atom. The van der Waals surface area contributed by atoms with Crippen LogP contribution in [0, 0.1) is 0 Å². The van der Waals surface area contributed by atoms with Crippen molar-refractivity contribution in [1.29, 1.82) is 0 Å². The fourth-order valence-electron chi connectivity index (χ4n) is 1.41. The Bertz CT molecular complexity index is 463. The predicted molar refractivity (Wildman–Crippen MR) is 76.2 cm³/mol. The summed E-state index contributed by atoms with van der Waals surface area (Å²) in [7, 11) is 0. The molecule has 3 N–H and O–H groups in total. The van der Waals surface area contributed by atoms with Crippen LogP contribution in [-0.4, -0.2) is 30.8 Å². The van der Waals surface area contributed by atoms with E-state index in [-0.39, 0.29) is 5.91 Å². The number of hydrogen-bond donors (Lipinski definition) is 2. The maximum atomic E-state index is 11.7. The molecule has 0 unspecified atom stereocenters. The first-order chi connectivity index (χ1) is 9.08. The van der Waals surface area contributed by atoms with Crippen LogP contribution in [0.4, 0.5) is 5.69 Å². The zero-order chi connectivity index (χ0) is 14.3. The highest BCUT2D eigenvalue weighted by atomic mass is 32.2. The molecule has 104 valence electrons. The van der Waals surface area contributed by atoms with Crippen molar-refractivity contribution in [3.8, 4) is 0 Å². The second-order valence-electron chi connectivity index (χ2n) is 3.71. The first-order valence-corrected chi connectivity index (χ1v) is 7.03. The van der Waals surface area contributed by atoms with Crippen molar-refractivity contribution >= 4 is 29.3 Å². The molecule has 0 aliphatic carbocycles.